The number of halogens is 1. The van der Waals surface area contributed by atoms with Gasteiger partial charge in [-0.25, -0.2) is 15.0 Å². The van der Waals surface area contributed by atoms with Crippen LogP contribution in [0.25, 0.3) is 22.3 Å². The monoisotopic (exact) mass is 479 g/mol. The number of aromatic nitrogens is 6. The molecular weight excluding hydrogens is 454 g/mol. The van der Waals surface area contributed by atoms with Crippen LogP contribution in [0.2, 0.25) is 30.8 Å². The Balaban J connectivity index is 1.58. The molecular formula is C23H26ClN7OSi. The highest BCUT2D eigenvalue weighted by molar-refractivity contribution is 6.76. The molecule has 1 atom stereocenters. The minimum atomic E-state index is -1.13. The molecule has 0 N–H and O–H groups in total. The van der Waals surface area contributed by atoms with Crippen molar-refractivity contribution in [2.24, 2.45) is 0 Å². The van der Waals surface area contributed by atoms with Crippen LogP contribution in [0.15, 0.2) is 49.3 Å². The Kier molecular flexibility index (Phi) is 6.88. The fourth-order valence-electron chi connectivity index (χ4n) is 3.54. The van der Waals surface area contributed by atoms with Gasteiger partial charge in [-0.05, 0) is 23.7 Å². The number of hydrogen-bond donors (Lipinski definition) is 0. The summed E-state index contributed by atoms with van der Waals surface area (Å²) in [6.45, 7) is 8.22. The van der Waals surface area contributed by atoms with Crippen molar-refractivity contribution in [2.45, 2.75) is 44.9 Å². The average molecular weight is 480 g/mol. The summed E-state index contributed by atoms with van der Waals surface area (Å²) in [5.74, 6) is 0. The summed E-state index contributed by atoms with van der Waals surface area (Å²) in [6.07, 6.45) is 9.13. The van der Waals surface area contributed by atoms with Crippen molar-refractivity contribution in [3.63, 3.8) is 0 Å². The summed E-state index contributed by atoms with van der Waals surface area (Å²) in [5, 5.41) is 15.2. The number of nitrogens with zero attached hydrogens (tertiary/aromatic N) is 7. The van der Waals surface area contributed by atoms with Crippen LogP contribution in [0.1, 0.15) is 18.0 Å². The number of fused-ring (bicyclic) bond motifs is 1. The van der Waals surface area contributed by atoms with Crippen LogP contribution in [0.4, 0.5) is 0 Å². The summed E-state index contributed by atoms with van der Waals surface area (Å²) < 4.78 is 9.67. The van der Waals surface area contributed by atoms with Gasteiger partial charge in [-0.3, -0.25) is 4.68 Å². The predicted octanol–water partition coefficient (Wildman–Crippen LogP) is 5.16. The van der Waals surface area contributed by atoms with E-state index in [1.807, 2.05) is 29.1 Å². The molecule has 0 saturated carbocycles. The maximum atomic E-state index is 9.34. The van der Waals surface area contributed by atoms with Gasteiger partial charge in [0, 0.05) is 44.2 Å². The molecule has 4 aromatic rings. The van der Waals surface area contributed by atoms with Gasteiger partial charge in [-0.2, -0.15) is 10.4 Å². The van der Waals surface area contributed by atoms with Crippen LogP contribution in [-0.4, -0.2) is 44.0 Å². The van der Waals surface area contributed by atoms with Crippen molar-refractivity contribution < 1.29 is 4.74 Å². The van der Waals surface area contributed by atoms with Gasteiger partial charge in [0.05, 0.1) is 30.4 Å². The SMILES string of the molecule is C[Si](C)(C)CCOCn1ccc2c(-c3cnn(C(CC#N)c4ccc(Cl)nc4)c3)ncnc21. The zero-order valence-electron chi connectivity index (χ0n) is 18.9. The first kappa shape index (κ1) is 23.1. The van der Waals surface area contributed by atoms with Crippen molar-refractivity contribution >= 4 is 30.7 Å². The molecule has 0 fully saturated rings. The molecule has 1 unspecified atom stereocenters. The van der Waals surface area contributed by atoms with E-state index >= 15 is 0 Å². The molecule has 0 amide bonds. The Hall–Kier alpha value is -3.06. The molecule has 170 valence electrons. The number of nitriles is 1. The van der Waals surface area contributed by atoms with E-state index in [4.69, 9.17) is 16.3 Å². The maximum Gasteiger partial charge on any atom is 0.145 e. The minimum absolute atomic E-state index is 0.259. The van der Waals surface area contributed by atoms with E-state index < -0.39 is 8.07 Å². The summed E-state index contributed by atoms with van der Waals surface area (Å²) in [5.41, 5.74) is 3.32. The van der Waals surface area contributed by atoms with E-state index in [-0.39, 0.29) is 12.5 Å². The van der Waals surface area contributed by atoms with E-state index in [2.05, 4.69) is 45.8 Å². The molecule has 4 aromatic heterocycles. The molecule has 0 saturated heterocycles. The van der Waals surface area contributed by atoms with E-state index in [1.54, 1.807) is 29.5 Å². The molecule has 33 heavy (non-hydrogen) atoms. The molecule has 0 aliphatic heterocycles. The minimum Gasteiger partial charge on any atom is -0.361 e. The van der Waals surface area contributed by atoms with Crippen LogP contribution in [-0.2, 0) is 11.5 Å². The van der Waals surface area contributed by atoms with Gasteiger partial charge in [-0.15, -0.1) is 0 Å². The molecule has 0 spiro atoms. The van der Waals surface area contributed by atoms with Crippen molar-refractivity contribution in [2.75, 3.05) is 6.61 Å². The van der Waals surface area contributed by atoms with Crippen LogP contribution >= 0.6 is 11.6 Å². The topological polar surface area (TPSA) is 94.4 Å². The van der Waals surface area contributed by atoms with E-state index in [0.29, 0.717) is 11.9 Å². The van der Waals surface area contributed by atoms with Gasteiger partial charge in [-0.1, -0.05) is 37.3 Å². The molecule has 0 aliphatic carbocycles. The smallest absolute Gasteiger partial charge is 0.145 e. The first-order valence-corrected chi connectivity index (χ1v) is 14.8. The lowest BCUT2D eigenvalue weighted by molar-refractivity contribution is 0.0899. The fraction of sp³-hybridized carbons (Fsp3) is 0.348. The third-order valence-electron chi connectivity index (χ3n) is 5.40. The lowest BCUT2D eigenvalue weighted by Crippen LogP contribution is -2.22. The molecule has 8 nitrogen and oxygen atoms in total. The van der Waals surface area contributed by atoms with E-state index in [9.17, 15) is 5.26 Å². The third kappa shape index (κ3) is 5.47. The highest BCUT2D eigenvalue weighted by Crippen LogP contribution is 2.28. The van der Waals surface area contributed by atoms with Crippen molar-refractivity contribution in [3.8, 4) is 17.3 Å². The van der Waals surface area contributed by atoms with Gasteiger partial charge in [0.1, 0.15) is 23.9 Å². The Morgan fingerprint density at radius 2 is 2.00 bits per heavy atom. The Morgan fingerprint density at radius 1 is 1.15 bits per heavy atom. The van der Waals surface area contributed by atoms with E-state index in [1.165, 1.54) is 0 Å². The lowest BCUT2D eigenvalue weighted by atomic mass is 10.1. The summed E-state index contributed by atoms with van der Waals surface area (Å²) in [4.78, 5) is 13.1. The lowest BCUT2D eigenvalue weighted by Gasteiger charge is -2.15. The zero-order valence-corrected chi connectivity index (χ0v) is 20.7. The summed E-state index contributed by atoms with van der Waals surface area (Å²) in [7, 11) is -1.13. The van der Waals surface area contributed by atoms with Gasteiger partial charge in [0.2, 0.25) is 0 Å². The number of rotatable bonds is 9. The van der Waals surface area contributed by atoms with E-state index in [0.717, 1.165) is 40.5 Å². The van der Waals surface area contributed by atoms with Crippen LogP contribution < -0.4 is 0 Å². The number of hydrogen-bond acceptors (Lipinski definition) is 6. The Bertz CT molecular complexity index is 1270. The summed E-state index contributed by atoms with van der Waals surface area (Å²) >= 11 is 5.92. The second kappa shape index (κ2) is 9.83. The van der Waals surface area contributed by atoms with Gasteiger partial charge >= 0.3 is 0 Å². The standard InChI is InChI=1S/C23H26ClN7OSi/c1-33(2,3)11-10-32-16-30-9-7-19-22(27-15-28-23(19)30)18-13-29-31(14-18)20(6-8-25)17-4-5-21(24)26-12-17/h4-5,7,9,12-15,20H,6,10-11,16H2,1-3H3. The fourth-order valence-corrected chi connectivity index (χ4v) is 4.41. The Labute approximate surface area is 198 Å². The quantitative estimate of drug-likeness (QED) is 0.187. The van der Waals surface area contributed by atoms with Gasteiger partial charge in [0.15, 0.2) is 0 Å². The van der Waals surface area contributed by atoms with Crippen LogP contribution in [0, 0.1) is 11.3 Å². The molecule has 0 bridgehead atoms. The molecule has 10 heteroatoms. The molecule has 0 radical (unpaired) electrons. The van der Waals surface area contributed by atoms with Crippen LogP contribution in [0.5, 0.6) is 0 Å². The second-order valence-electron chi connectivity index (χ2n) is 9.09. The molecule has 4 heterocycles. The molecule has 0 aliphatic rings. The van der Waals surface area contributed by atoms with Crippen molar-refractivity contribution in [1.82, 2.24) is 29.3 Å². The molecule has 4 rings (SSSR count). The van der Waals surface area contributed by atoms with Crippen LogP contribution in [0.3, 0.4) is 0 Å². The first-order chi connectivity index (χ1) is 15.9. The second-order valence-corrected chi connectivity index (χ2v) is 15.1. The average Bonchev–Trinajstić information content (AvgIpc) is 3.43. The first-order valence-electron chi connectivity index (χ1n) is 10.8. The van der Waals surface area contributed by atoms with Gasteiger partial charge in [0.25, 0.3) is 0 Å². The van der Waals surface area contributed by atoms with Crippen molar-refractivity contribution in [1.29, 1.82) is 5.26 Å². The normalized spacial score (nSPS) is 12.7. The highest BCUT2D eigenvalue weighted by atomic mass is 35.5. The number of pyridine rings is 1. The number of ether oxygens (including phenoxy) is 1. The maximum absolute atomic E-state index is 9.34. The summed E-state index contributed by atoms with van der Waals surface area (Å²) in [6, 6.07) is 8.67. The largest absolute Gasteiger partial charge is 0.361 e. The Morgan fingerprint density at radius 3 is 2.73 bits per heavy atom. The predicted molar refractivity (Wildman–Crippen MR) is 130 cm³/mol. The zero-order chi connectivity index (χ0) is 23.4. The van der Waals surface area contributed by atoms with Gasteiger partial charge < -0.3 is 9.30 Å². The highest BCUT2D eigenvalue weighted by Gasteiger charge is 2.18. The van der Waals surface area contributed by atoms with Crippen molar-refractivity contribution in [3.05, 3.63) is 60.0 Å². The molecule has 0 aromatic carbocycles. The third-order valence-corrected chi connectivity index (χ3v) is 7.32.